The molecule has 2 N–H and O–H groups in total. The summed E-state index contributed by atoms with van der Waals surface area (Å²) in [6.07, 6.45) is 0. The largest absolute Gasteiger partial charge is 0.480 e. The highest BCUT2D eigenvalue weighted by Gasteiger charge is 2.70. The van der Waals surface area contributed by atoms with Crippen molar-refractivity contribution >= 4 is 17.9 Å². The molecule has 0 aromatic carbocycles. The maximum Gasteiger partial charge on any atom is 0.374 e. The fourth-order valence-corrected chi connectivity index (χ4v) is 1.11. The predicted octanol–water partition coefficient (Wildman–Crippen LogP) is -0.228. The fourth-order valence-electron chi connectivity index (χ4n) is 1.11. The minimum absolute atomic E-state index is 0.916. The average Bonchev–Trinajstić information content (AvgIpc) is 2.80. The lowest BCUT2D eigenvalue weighted by Gasteiger charge is -2.21. The zero-order valence-corrected chi connectivity index (χ0v) is 9.42. The van der Waals surface area contributed by atoms with Crippen LogP contribution in [-0.2, 0) is 28.9 Å². The number of carbonyl (C=O) groups is 3. The zero-order valence-electron chi connectivity index (χ0n) is 9.42. The van der Waals surface area contributed by atoms with Crippen LogP contribution in [0.3, 0.4) is 0 Å². The number of aliphatic carboxylic acids is 2. The second kappa shape index (κ2) is 3.97. The Kier molecular flexibility index (Phi) is 3.13. The summed E-state index contributed by atoms with van der Waals surface area (Å²) in [5.74, 6) is -9.23. The van der Waals surface area contributed by atoms with Crippen LogP contribution in [0.15, 0.2) is 0 Å². The van der Waals surface area contributed by atoms with Gasteiger partial charge in [-0.05, 0) is 20.8 Å². The molecule has 0 unspecified atom stereocenters. The Hall–Kier alpha value is -1.67. The van der Waals surface area contributed by atoms with E-state index in [4.69, 9.17) is 14.9 Å². The zero-order chi connectivity index (χ0) is 13.4. The van der Waals surface area contributed by atoms with E-state index in [2.05, 4.69) is 9.78 Å². The van der Waals surface area contributed by atoms with Crippen LogP contribution in [0.25, 0.3) is 0 Å². The van der Waals surface area contributed by atoms with Crippen LogP contribution in [0.4, 0.5) is 0 Å². The van der Waals surface area contributed by atoms with Crippen LogP contribution in [-0.4, -0.2) is 39.5 Å². The quantitative estimate of drug-likeness (QED) is 0.302. The van der Waals surface area contributed by atoms with Crippen molar-refractivity contribution in [3.8, 4) is 0 Å². The Morgan fingerprint density at radius 1 is 1.12 bits per heavy atom. The van der Waals surface area contributed by atoms with Gasteiger partial charge >= 0.3 is 23.7 Å². The molecule has 17 heavy (non-hydrogen) atoms. The topological polar surface area (TPSA) is 126 Å². The highest BCUT2D eigenvalue weighted by atomic mass is 17.4. The van der Waals surface area contributed by atoms with Gasteiger partial charge in [-0.3, -0.25) is 9.59 Å². The maximum atomic E-state index is 11.6. The van der Waals surface area contributed by atoms with Crippen molar-refractivity contribution < 1.29 is 39.1 Å². The van der Waals surface area contributed by atoms with Crippen molar-refractivity contribution in [3.63, 3.8) is 0 Å². The normalized spacial score (nSPS) is 17.6. The van der Waals surface area contributed by atoms with E-state index in [0.717, 1.165) is 0 Å². The summed E-state index contributed by atoms with van der Waals surface area (Å²) in [5.41, 5.74) is -0.916. The van der Waals surface area contributed by atoms with E-state index in [0.29, 0.717) is 0 Å². The number of ether oxygens (including phenoxy) is 1. The predicted molar refractivity (Wildman–Crippen MR) is 49.5 cm³/mol. The van der Waals surface area contributed by atoms with Crippen LogP contribution in [0.2, 0.25) is 0 Å². The number of carboxylic acids is 2. The van der Waals surface area contributed by atoms with Gasteiger partial charge in [-0.1, -0.05) is 0 Å². The minimum Gasteiger partial charge on any atom is -0.480 e. The molecule has 0 radical (unpaired) electrons. The molecule has 1 saturated heterocycles. The van der Waals surface area contributed by atoms with Gasteiger partial charge in [-0.2, -0.15) is 9.78 Å². The van der Waals surface area contributed by atoms with Crippen molar-refractivity contribution in [1.29, 1.82) is 0 Å². The summed E-state index contributed by atoms with van der Waals surface area (Å²) in [6, 6.07) is 0. The number of rotatable bonds is 4. The third-order valence-corrected chi connectivity index (χ3v) is 1.82. The second-order valence-corrected chi connectivity index (χ2v) is 4.45. The van der Waals surface area contributed by atoms with E-state index < -0.39 is 35.2 Å². The van der Waals surface area contributed by atoms with E-state index in [1.54, 1.807) is 0 Å². The molecule has 0 amide bonds. The lowest BCUT2D eigenvalue weighted by Crippen LogP contribution is -2.46. The van der Waals surface area contributed by atoms with E-state index >= 15 is 0 Å². The van der Waals surface area contributed by atoms with E-state index in [-0.39, 0.29) is 0 Å². The molecular formula is C9H12O8. The molecule has 8 heteroatoms. The molecule has 0 saturated carbocycles. The third kappa shape index (κ3) is 2.71. The number of hydrogen-bond donors (Lipinski definition) is 2. The van der Waals surface area contributed by atoms with Gasteiger partial charge in [0, 0.05) is 0 Å². The summed E-state index contributed by atoms with van der Waals surface area (Å²) in [4.78, 5) is 41.6. The van der Waals surface area contributed by atoms with Crippen LogP contribution in [0, 0.1) is 5.92 Å². The molecule has 0 aromatic heterocycles. The number of esters is 1. The lowest BCUT2D eigenvalue weighted by atomic mass is 10.00. The summed E-state index contributed by atoms with van der Waals surface area (Å²) >= 11 is 0. The standard InChI is InChI=1S/C9H12O8/c1-8(2,3)15-7(14)9(16-17-9)4(5(10)11)6(12)13/h4H,1-3H3,(H,10,11)(H,12,13). The monoisotopic (exact) mass is 248 g/mol. The molecule has 8 nitrogen and oxygen atoms in total. The minimum atomic E-state index is -2.38. The Labute approximate surface area is 96.0 Å². The fraction of sp³-hybridized carbons (Fsp3) is 0.667. The molecule has 1 aliphatic rings. The summed E-state index contributed by atoms with van der Waals surface area (Å²) in [6.45, 7) is 4.62. The van der Waals surface area contributed by atoms with Gasteiger partial charge in [-0.25, -0.2) is 4.79 Å². The van der Waals surface area contributed by atoms with Gasteiger partial charge in [0.2, 0.25) is 5.92 Å². The third-order valence-electron chi connectivity index (χ3n) is 1.82. The van der Waals surface area contributed by atoms with E-state index in [1.807, 2.05) is 0 Å². The highest BCUT2D eigenvalue weighted by Crippen LogP contribution is 2.40. The van der Waals surface area contributed by atoms with Crippen molar-refractivity contribution in [1.82, 2.24) is 0 Å². The smallest absolute Gasteiger partial charge is 0.374 e. The Bertz CT molecular complexity index is 348. The first-order valence-electron chi connectivity index (χ1n) is 4.66. The van der Waals surface area contributed by atoms with Crippen molar-refractivity contribution in [2.45, 2.75) is 32.2 Å². The molecule has 1 rings (SSSR count). The summed E-state index contributed by atoms with van der Waals surface area (Å²) < 4.78 is 4.83. The van der Waals surface area contributed by atoms with Crippen molar-refractivity contribution in [2.75, 3.05) is 0 Å². The SMILES string of the molecule is CC(C)(C)OC(=O)C1(C(C(=O)O)C(=O)O)OO1. The average molecular weight is 248 g/mol. The van der Waals surface area contributed by atoms with Crippen LogP contribution >= 0.6 is 0 Å². The molecule has 0 aliphatic carbocycles. The second-order valence-electron chi connectivity index (χ2n) is 4.45. The van der Waals surface area contributed by atoms with Gasteiger partial charge in [0.05, 0.1) is 0 Å². The van der Waals surface area contributed by atoms with E-state index in [1.165, 1.54) is 20.8 Å². The van der Waals surface area contributed by atoms with Crippen LogP contribution < -0.4 is 0 Å². The number of hydrogen-bond acceptors (Lipinski definition) is 6. The van der Waals surface area contributed by atoms with Crippen LogP contribution in [0.1, 0.15) is 20.8 Å². The van der Waals surface area contributed by atoms with Gasteiger partial charge < -0.3 is 14.9 Å². The summed E-state index contributed by atoms with van der Waals surface area (Å²) in [5, 5.41) is 17.4. The molecule has 1 aliphatic heterocycles. The van der Waals surface area contributed by atoms with Crippen molar-refractivity contribution in [3.05, 3.63) is 0 Å². The van der Waals surface area contributed by atoms with Gasteiger partial charge in [0.1, 0.15) is 5.60 Å². The molecule has 0 aromatic rings. The van der Waals surface area contributed by atoms with Crippen molar-refractivity contribution in [2.24, 2.45) is 5.92 Å². The highest BCUT2D eigenvalue weighted by molar-refractivity contribution is 6.00. The molecule has 0 atom stereocenters. The summed E-state index contributed by atoms with van der Waals surface area (Å²) in [7, 11) is 0. The number of carboxylic acid groups (broad SMARTS) is 2. The molecule has 1 fully saturated rings. The first kappa shape index (κ1) is 13.4. The lowest BCUT2D eigenvalue weighted by molar-refractivity contribution is -0.175. The molecule has 96 valence electrons. The van der Waals surface area contributed by atoms with Crippen LogP contribution in [0.5, 0.6) is 0 Å². The van der Waals surface area contributed by atoms with Gasteiger partial charge in [-0.15, -0.1) is 0 Å². The first-order valence-corrected chi connectivity index (χ1v) is 4.66. The molecule has 1 heterocycles. The Morgan fingerprint density at radius 2 is 1.53 bits per heavy atom. The maximum absolute atomic E-state index is 11.6. The molecular weight excluding hydrogens is 236 g/mol. The molecule has 0 spiro atoms. The Morgan fingerprint density at radius 3 is 1.76 bits per heavy atom. The number of carbonyl (C=O) groups excluding carboxylic acids is 1. The van der Waals surface area contributed by atoms with Gasteiger partial charge in [0.25, 0.3) is 0 Å². The first-order chi connectivity index (χ1) is 7.60. The Balaban J connectivity index is 2.91. The molecule has 0 bridgehead atoms. The van der Waals surface area contributed by atoms with E-state index in [9.17, 15) is 14.4 Å². The van der Waals surface area contributed by atoms with Gasteiger partial charge in [0.15, 0.2) is 0 Å².